The number of fused-ring (bicyclic) bond motifs is 1. The molecule has 0 atom stereocenters. The van der Waals surface area contributed by atoms with Gasteiger partial charge in [0.25, 0.3) is 0 Å². The third-order valence-electron chi connectivity index (χ3n) is 6.09. The lowest BCUT2D eigenvalue weighted by Crippen LogP contribution is -2.44. The molecule has 1 saturated heterocycles. The highest BCUT2D eigenvalue weighted by Gasteiger charge is 2.40. The van der Waals surface area contributed by atoms with E-state index >= 15 is 0 Å². The van der Waals surface area contributed by atoms with Crippen LogP contribution < -0.4 is 0 Å². The maximum atomic E-state index is 10.6. The molecular formula is C26H30F12N6O8. The minimum atomic E-state index is -5.08. The number of hydrogen-bond donors (Lipinski definition) is 4. The van der Waals surface area contributed by atoms with E-state index in [9.17, 15) is 52.7 Å². The van der Waals surface area contributed by atoms with Gasteiger partial charge in [-0.1, -0.05) is 6.07 Å². The number of nitrogens with zero attached hydrogens (tertiary/aromatic N) is 6. The van der Waals surface area contributed by atoms with Crippen molar-refractivity contribution in [3.63, 3.8) is 0 Å². The van der Waals surface area contributed by atoms with Crippen LogP contribution in [0.4, 0.5) is 52.7 Å². The van der Waals surface area contributed by atoms with Crippen molar-refractivity contribution in [3.05, 3.63) is 47.8 Å². The van der Waals surface area contributed by atoms with Gasteiger partial charge < -0.3 is 29.9 Å². The minimum Gasteiger partial charge on any atom is -0.475 e. The number of pyridine rings is 1. The lowest BCUT2D eigenvalue weighted by atomic mass is 10.2. The summed E-state index contributed by atoms with van der Waals surface area (Å²) in [5.41, 5.74) is 2.50. The number of likely N-dealkylation sites (N-methyl/N-ethyl adjacent to an activating group) is 1. The zero-order valence-electron chi connectivity index (χ0n) is 26.4. The largest absolute Gasteiger partial charge is 0.490 e. The van der Waals surface area contributed by atoms with E-state index in [1.807, 2.05) is 12.3 Å². The smallest absolute Gasteiger partial charge is 0.475 e. The van der Waals surface area contributed by atoms with Gasteiger partial charge in [0, 0.05) is 64.8 Å². The van der Waals surface area contributed by atoms with Crippen molar-refractivity contribution in [3.8, 4) is 0 Å². The average molecular weight is 783 g/mol. The molecule has 4 N–H and O–H groups in total. The Kier molecular flexibility index (Phi) is 18.5. The molecule has 2 aliphatic rings. The predicted octanol–water partition coefficient (Wildman–Crippen LogP) is 3.57. The molecule has 2 aliphatic heterocycles. The average Bonchev–Trinajstić information content (AvgIpc) is 3.40. The highest BCUT2D eigenvalue weighted by Crippen LogP contribution is 2.18. The minimum absolute atomic E-state index is 0.904. The second-order valence-electron chi connectivity index (χ2n) is 10.1. The number of carboxylic acids is 4. The summed E-state index contributed by atoms with van der Waals surface area (Å²) < 4.78 is 129. The van der Waals surface area contributed by atoms with Crippen LogP contribution in [-0.4, -0.2) is 138 Å². The number of rotatable bonds is 4. The van der Waals surface area contributed by atoms with Crippen molar-refractivity contribution in [2.75, 3.05) is 39.8 Å². The molecule has 4 rings (SSSR count). The fourth-order valence-electron chi connectivity index (χ4n) is 3.59. The molecule has 52 heavy (non-hydrogen) atoms. The van der Waals surface area contributed by atoms with Gasteiger partial charge in [-0.05, 0) is 19.2 Å². The highest BCUT2D eigenvalue weighted by atomic mass is 19.4. The Bertz CT molecular complexity index is 1330. The van der Waals surface area contributed by atoms with Crippen LogP contribution in [0.3, 0.4) is 0 Å². The fraction of sp³-hybridized carbons (Fsp3) is 0.538. The number of imidazole rings is 1. The quantitative estimate of drug-likeness (QED) is 0.330. The van der Waals surface area contributed by atoms with Crippen molar-refractivity contribution in [1.82, 2.24) is 29.2 Å². The van der Waals surface area contributed by atoms with Crippen molar-refractivity contribution < 1.29 is 92.3 Å². The van der Waals surface area contributed by atoms with E-state index in [1.54, 1.807) is 0 Å². The van der Waals surface area contributed by atoms with Crippen LogP contribution in [0, 0.1) is 0 Å². The number of carboxylic acid groups (broad SMARTS) is 4. The Hall–Kier alpha value is -4.72. The van der Waals surface area contributed by atoms with Crippen LogP contribution in [0.5, 0.6) is 0 Å². The Morgan fingerprint density at radius 2 is 1.02 bits per heavy atom. The van der Waals surface area contributed by atoms with Gasteiger partial charge in [0.2, 0.25) is 0 Å². The number of halogens is 12. The Morgan fingerprint density at radius 1 is 0.615 bits per heavy atom. The van der Waals surface area contributed by atoms with Gasteiger partial charge in [0.05, 0.1) is 17.9 Å². The molecule has 0 aromatic carbocycles. The van der Waals surface area contributed by atoms with Gasteiger partial charge >= 0.3 is 48.6 Å². The zero-order valence-corrected chi connectivity index (χ0v) is 26.4. The summed E-state index contributed by atoms with van der Waals surface area (Å²) in [6.07, 6.45) is -16.4. The van der Waals surface area contributed by atoms with Crippen LogP contribution in [-0.2, 0) is 45.4 Å². The first-order chi connectivity index (χ1) is 23.5. The van der Waals surface area contributed by atoms with E-state index in [0.717, 1.165) is 51.5 Å². The molecule has 26 heteroatoms. The van der Waals surface area contributed by atoms with Gasteiger partial charge in [0.1, 0.15) is 5.82 Å². The molecule has 2 aromatic heterocycles. The van der Waals surface area contributed by atoms with E-state index in [0.29, 0.717) is 0 Å². The second kappa shape index (κ2) is 20.4. The van der Waals surface area contributed by atoms with Gasteiger partial charge in [-0.15, -0.1) is 0 Å². The van der Waals surface area contributed by atoms with Crippen molar-refractivity contribution in [2.24, 2.45) is 0 Å². The fourth-order valence-corrected chi connectivity index (χ4v) is 3.59. The van der Waals surface area contributed by atoms with E-state index < -0.39 is 48.6 Å². The molecule has 1 fully saturated rings. The Labute approximate surface area is 284 Å². The molecule has 0 spiro atoms. The summed E-state index contributed by atoms with van der Waals surface area (Å²) in [7, 11) is 2.20. The molecule has 0 amide bonds. The molecule has 0 aliphatic carbocycles. The Morgan fingerprint density at radius 3 is 1.38 bits per heavy atom. The van der Waals surface area contributed by atoms with E-state index in [4.69, 9.17) is 44.6 Å². The molecule has 0 saturated carbocycles. The van der Waals surface area contributed by atoms with Crippen LogP contribution in [0.2, 0.25) is 0 Å². The van der Waals surface area contributed by atoms with Crippen molar-refractivity contribution in [1.29, 1.82) is 0 Å². The van der Waals surface area contributed by atoms with Crippen molar-refractivity contribution in [2.45, 2.75) is 50.9 Å². The topological polar surface area (TPSA) is 190 Å². The standard InChI is InChI=1S/C18H26N6.4C2HF3O2/c1-21-6-8-22(9-7-21)14-17-12-20-18-15-23(10-11-24(17)18)13-16-4-2-3-5-19-16;4*3-2(4,5)1(6)7/h2-5,12H,6-11,13-15H2,1H3;4*(H,6,7). The summed E-state index contributed by atoms with van der Waals surface area (Å²) in [6.45, 7) is 9.59. The van der Waals surface area contributed by atoms with Gasteiger partial charge in [-0.3, -0.25) is 14.8 Å². The number of piperazine rings is 1. The van der Waals surface area contributed by atoms with Crippen molar-refractivity contribution >= 4 is 23.9 Å². The summed E-state index contributed by atoms with van der Waals surface area (Å²) in [6, 6.07) is 6.12. The second-order valence-corrected chi connectivity index (χ2v) is 10.1. The number of alkyl halides is 12. The van der Waals surface area contributed by atoms with Gasteiger partial charge in [0.15, 0.2) is 0 Å². The third-order valence-corrected chi connectivity index (χ3v) is 6.09. The zero-order chi connectivity index (χ0) is 40.7. The number of hydrogen-bond acceptors (Lipinski definition) is 9. The summed E-state index contributed by atoms with van der Waals surface area (Å²) in [5.74, 6) is -9.83. The normalized spacial score (nSPS) is 15.4. The van der Waals surface area contributed by atoms with Crippen LogP contribution in [0.15, 0.2) is 30.6 Å². The summed E-state index contributed by atoms with van der Waals surface area (Å²) in [5, 5.41) is 28.5. The molecule has 2 aromatic rings. The molecule has 296 valence electrons. The SMILES string of the molecule is CN1CCN(Cc2cnc3n2CCN(Cc2ccccn2)C3)CC1.O=C(O)C(F)(F)F.O=C(O)C(F)(F)F.O=C(O)C(F)(F)F.O=C(O)C(F)(F)F. The van der Waals surface area contributed by atoms with Gasteiger partial charge in [-0.25, -0.2) is 24.2 Å². The monoisotopic (exact) mass is 782 g/mol. The lowest BCUT2D eigenvalue weighted by Gasteiger charge is -2.33. The maximum absolute atomic E-state index is 10.6. The van der Waals surface area contributed by atoms with E-state index in [-0.39, 0.29) is 0 Å². The molecule has 14 nitrogen and oxygen atoms in total. The van der Waals surface area contributed by atoms with Crippen LogP contribution >= 0.6 is 0 Å². The predicted molar refractivity (Wildman–Crippen MR) is 148 cm³/mol. The molecule has 4 heterocycles. The highest BCUT2D eigenvalue weighted by molar-refractivity contribution is 5.74. The molecule has 0 radical (unpaired) electrons. The van der Waals surface area contributed by atoms with Crippen LogP contribution in [0.1, 0.15) is 17.2 Å². The summed E-state index contributed by atoms with van der Waals surface area (Å²) in [4.78, 5) is 52.1. The molecule has 0 unspecified atom stereocenters. The summed E-state index contributed by atoms with van der Waals surface area (Å²) >= 11 is 0. The number of carbonyl (C=O) groups is 4. The number of aliphatic carboxylic acids is 4. The first-order valence-electron chi connectivity index (χ1n) is 13.8. The van der Waals surface area contributed by atoms with E-state index in [1.165, 1.54) is 24.6 Å². The molecular weight excluding hydrogens is 752 g/mol. The Balaban J connectivity index is 0.000000764. The third kappa shape index (κ3) is 19.6. The van der Waals surface area contributed by atoms with E-state index in [2.05, 4.69) is 49.6 Å². The lowest BCUT2D eigenvalue weighted by molar-refractivity contribution is -0.193. The number of aromatic nitrogens is 3. The molecule has 0 bridgehead atoms. The maximum Gasteiger partial charge on any atom is 0.490 e. The van der Waals surface area contributed by atoms with Gasteiger partial charge in [-0.2, -0.15) is 52.7 Å². The first-order valence-corrected chi connectivity index (χ1v) is 13.8. The first kappa shape index (κ1) is 47.3. The van der Waals surface area contributed by atoms with Crippen LogP contribution in [0.25, 0.3) is 0 Å².